The monoisotopic (exact) mass is 547 g/mol. The predicted octanol–water partition coefficient (Wildman–Crippen LogP) is 3.42. The van der Waals surface area contributed by atoms with E-state index in [9.17, 15) is 0 Å². The van der Waals surface area contributed by atoms with Crippen LogP contribution >= 0.6 is 0 Å². The summed E-state index contributed by atoms with van der Waals surface area (Å²) in [5.74, 6) is 0. The zero-order chi connectivity index (χ0) is 14.8. The normalized spacial score (nSPS) is 20.9. The fourth-order valence-electron chi connectivity index (χ4n) is 2.72. The molecular weight excluding hydrogens is 523 g/mol. The van der Waals surface area contributed by atoms with Gasteiger partial charge >= 0.3 is 21.1 Å². The van der Waals surface area contributed by atoms with Crippen LogP contribution in [0.3, 0.4) is 0 Å². The topological polar surface area (TPSA) is 18.5 Å². The summed E-state index contributed by atoms with van der Waals surface area (Å²) < 4.78 is 9.81. The van der Waals surface area contributed by atoms with Gasteiger partial charge in [-0.2, -0.15) is 9.54 Å². The second kappa shape index (κ2) is 14.4. The Morgan fingerprint density at radius 3 is 1.10 bits per heavy atom. The molecule has 21 heavy (non-hydrogen) atoms. The van der Waals surface area contributed by atoms with Crippen molar-refractivity contribution < 1.29 is 30.5 Å². The molecule has 2 aliphatic carbocycles. The first-order valence-corrected chi connectivity index (χ1v) is 9.40. The van der Waals surface area contributed by atoms with Crippen LogP contribution in [0, 0.1) is 0 Å². The Morgan fingerprint density at radius 1 is 0.571 bits per heavy atom. The molecule has 0 radical (unpaired) electrons. The number of ether oxygens (including phenoxy) is 2. The van der Waals surface area contributed by atoms with Crippen molar-refractivity contribution in [2.75, 3.05) is 0 Å². The minimum atomic E-state index is -0.414. The number of hydrogen-bond donors (Lipinski definition) is 0. The fourth-order valence-corrected chi connectivity index (χ4v) is 3.35. The molecule has 126 valence electrons. The van der Waals surface area contributed by atoms with E-state index in [2.05, 4.69) is 0 Å². The number of hydrogen-bond acceptors (Lipinski definition) is 6. The van der Waals surface area contributed by atoms with E-state index in [1.165, 1.54) is 38.5 Å². The fraction of sp³-hybridized carbons (Fsp3) is 1.00. The largest absolute Gasteiger partial charge is 4.00 e. The molecule has 2 nitrogen and oxygen atoms in total. The quantitative estimate of drug-likeness (QED) is 0.499. The Hall–Kier alpha value is 2.01. The summed E-state index contributed by atoms with van der Waals surface area (Å²) in [6.07, 6.45) is 13.2. The van der Waals surface area contributed by atoms with Gasteiger partial charge in [-0.15, -0.1) is 0 Å². The SMILES string of the molecule is [Pt+4].[S-]C([S-])OC1CCCCC1.[S-]C([S-])OC1CCCCC1. The van der Waals surface area contributed by atoms with Crippen molar-refractivity contribution in [2.45, 2.75) is 86.0 Å². The van der Waals surface area contributed by atoms with Gasteiger partial charge in [-0.3, -0.25) is 0 Å². The van der Waals surface area contributed by atoms with Crippen LogP contribution in [0.2, 0.25) is 0 Å². The summed E-state index contributed by atoms with van der Waals surface area (Å²) >= 11 is 19.0. The van der Waals surface area contributed by atoms with Gasteiger partial charge in [0.05, 0.1) is 12.2 Å². The van der Waals surface area contributed by atoms with Crippen molar-refractivity contribution in [1.82, 2.24) is 0 Å². The van der Waals surface area contributed by atoms with Gasteiger partial charge < -0.3 is 60.0 Å². The first-order valence-electron chi connectivity index (χ1n) is 7.52. The van der Waals surface area contributed by atoms with Crippen molar-refractivity contribution in [2.24, 2.45) is 0 Å². The minimum absolute atomic E-state index is 0. The third-order valence-corrected chi connectivity index (χ3v) is 4.16. The number of rotatable bonds is 4. The van der Waals surface area contributed by atoms with E-state index < -0.39 is 9.54 Å². The van der Waals surface area contributed by atoms with Crippen molar-refractivity contribution in [1.29, 1.82) is 0 Å². The van der Waals surface area contributed by atoms with Crippen molar-refractivity contribution in [3.63, 3.8) is 0 Å². The van der Waals surface area contributed by atoms with Crippen molar-refractivity contribution >= 4 is 50.5 Å². The molecule has 0 N–H and O–H groups in total. The maximum absolute atomic E-state index is 5.32. The Balaban J connectivity index is 0.000000364. The summed E-state index contributed by atoms with van der Waals surface area (Å²) in [6, 6.07) is 0. The summed E-state index contributed by atoms with van der Waals surface area (Å²) in [6.45, 7) is 0. The van der Waals surface area contributed by atoms with Crippen LogP contribution in [-0.4, -0.2) is 21.7 Å². The molecule has 0 bridgehead atoms. The molecule has 2 saturated carbocycles. The van der Waals surface area contributed by atoms with E-state index in [0.717, 1.165) is 25.7 Å². The van der Waals surface area contributed by atoms with Crippen LogP contribution in [-0.2, 0) is 81.1 Å². The standard InChI is InChI=1S/2C7H14OS2.Pt/c2*9-7(10)8-6-4-2-1-3-5-6;/h2*6-7,9-10H,1-5H2;/q;;+4/p-4. The van der Waals surface area contributed by atoms with E-state index in [1.807, 2.05) is 0 Å². The molecule has 0 aromatic rings. The third-order valence-electron chi connectivity index (χ3n) is 3.71. The first kappa shape index (κ1) is 23.0. The Morgan fingerprint density at radius 2 is 0.857 bits per heavy atom. The molecule has 0 amide bonds. The smallest absolute Gasteiger partial charge is 0.788 e. The Kier molecular flexibility index (Phi) is 15.7. The third kappa shape index (κ3) is 13.0. The van der Waals surface area contributed by atoms with Crippen molar-refractivity contribution in [3.05, 3.63) is 0 Å². The van der Waals surface area contributed by atoms with Crippen LogP contribution < -0.4 is 0 Å². The van der Waals surface area contributed by atoms with Gasteiger partial charge in [0.15, 0.2) is 0 Å². The summed E-state index contributed by atoms with van der Waals surface area (Å²) in [4.78, 5) is 0. The summed E-state index contributed by atoms with van der Waals surface area (Å²) in [5, 5.41) is 0. The molecule has 7 heteroatoms. The molecule has 0 aromatic heterocycles. The van der Waals surface area contributed by atoms with Gasteiger partial charge in [-0.25, -0.2) is 0 Å². The van der Waals surface area contributed by atoms with E-state index in [0.29, 0.717) is 12.2 Å². The Bertz CT molecular complexity index is 209. The maximum atomic E-state index is 5.32. The molecule has 0 aliphatic heterocycles. The zero-order valence-electron chi connectivity index (χ0n) is 12.1. The van der Waals surface area contributed by atoms with Crippen LogP contribution in [0.5, 0.6) is 0 Å². The van der Waals surface area contributed by atoms with E-state index in [4.69, 9.17) is 60.0 Å². The molecule has 0 saturated heterocycles. The van der Waals surface area contributed by atoms with Crippen molar-refractivity contribution in [3.8, 4) is 0 Å². The summed E-state index contributed by atoms with van der Waals surface area (Å²) in [7, 11) is 0. The molecule has 0 spiro atoms. The second-order valence-electron chi connectivity index (χ2n) is 5.37. The van der Waals surface area contributed by atoms with Gasteiger partial charge in [0, 0.05) is 0 Å². The molecule has 2 aliphatic rings. The van der Waals surface area contributed by atoms with Crippen LogP contribution in [0.25, 0.3) is 0 Å². The van der Waals surface area contributed by atoms with Crippen LogP contribution in [0.1, 0.15) is 64.2 Å². The van der Waals surface area contributed by atoms with E-state index >= 15 is 0 Å². The Labute approximate surface area is 166 Å². The molecule has 0 heterocycles. The van der Waals surface area contributed by atoms with Gasteiger partial charge in [0.2, 0.25) is 0 Å². The van der Waals surface area contributed by atoms with Gasteiger partial charge in [0.25, 0.3) is 0 Å². The average molecular weight is 548 g/mol. The van der Waals surface area contributed by atoms with Gasteiger partial charge in [-0.1, -0.05) is 38.5 Å². The van der Waals surface area contributed by atoms with E-state index in [-0.39, 0.29) is 21.1 Å². The molecule has 0 atom stereocenters. The van der Waals surface area contributed by atoms with Gasteiger partial charge in [-0.05, 0) is 25.7 Å². The first-order chi connectivity index (χ1) is 9.58. The van der Waals surface area contributed by atoms with Crippen LogP contribution in [0.15, 0.2) is 0 Å². The maximum Gasteiger partial charge on any atom is 4.00 e. The molecular formula is C14H24O2PtS4. The summed E-state index contributed by atoms with van der Waals surface area (Å²) in [5.41, 5.74) is 0. The molecule has 2 rings (SSSR count). The second-order valence-corrected chi connectivity index (χ2v) is 7.68. The van der Waals surface area contributed by atoms with E-state index in [1.54, 1.807) is 0 Å². The predicted molar refractivity (Wildman–Crippen MR) is 93.0 cm³/mol. The molecule has 2 fully saturated rings. The molecule has 0 aromatic carbocycles. The molecule has 0 unspecified atom stereocenters. The van der Waals surface area contributed by atoms with Gasteiger partial charge in [0.1, 0.15) is 0 Å². The average Bonchev–Trinajstić information content (AvgIpc) is 2.40. The zero-order valence-corrected chi connectivity index (χ0v) is 17.7. The van der Waals surface area contributed by atoms with Crippen LogP contribution in [0.4, 0.5) is 0 Å². The minimum Gasteiger partial charge on any atom is -0.788 e.